The van der Waals surface area contributed by atoms with Gasteiger partial charge in [0.2, 0.25) is 0 Å². The van der Waals surface area contributed by atoms with E-state index in [0.29, 0.717) is 30.0 Å². The second-order valence-corrected chi connectivity index (χ2v) is 4.38. The van der Waals surface area contributed by atoms with Crippen molar-refractivity contribution in [1.82, 2.24) is 0 Å². The van der Waals surface area contributed by atoms with Gasteiger partial charge in [0.15, 0.2) is 0 Å². The minimum atomic E-state index is 0.342. The normalized spacial score (nSPS) is 29.1. The number of hydrogen-bond donors (Lipinski definition) is 3. The summed E-state index contributed by atoms with van der Waals surface area (Å²) in [6.07, 6.45) is 4.62. The lowest BCUT2D eigenvalue weighted by atomic mass is 9.82. The zero-order valence-electron chi connectivity index (χ0n) is 8.52. The lowest BCUT2D eigenvalue weighted by Crippen LogP contribution is -2.21. The van der Waals surface area contributed by atoms with Gasteiger partial charge in [-0.05, 0) is 37.5 Å². The number of hydrogen-bond acceptors (Lipinski definition) is 3. The Morgan fingerprint density at radius 2 is 1.86 bits per heavy atom. The van der Waals surface area contributed by atoms with Crippen LogP contribution in [-0.4, -0.2) is 29.8 Å². The molecule has 0 atom stereocenters. The Balaban J connectivity index is 2.22. The molecule has 1 rings (SSSR count). The van der Waals surface area contributed by atoms with Crippen LogP contribution in [-0.2, 0) is 0 Å². The second kappa shape index (κ2) is 6.30. The molecule has 0 heterocycles. The third kappa shape index (κ3) is 3.88. The van der Waals surface area contributed by atoms with Gasteiger partial charge in [-0.25, -0.2) is 0 Å². The van der Waals surface area contributed by atoms with Gasteiger partial charge in [0.05, 0.1) is 0 Å². The number of rotatable bonds is 4. The molecule has 1 aliphatic rings. The van der Waals surface area contributed by atoms with Gasteiger partial charge in [-0.1, -0.05) is 0 Å². The van der Waals surface area contributed by atoms with E-state index in [1.54, 1.807) is 0 Å². The number of aliphatic imine (C=N–C) groups is 1. The minimum absolute atomic E-state index is 0.342. The van der Waals surface area contributed by atoms with Crippen molar-refractivity contribution >= 4 is 18.5 Å². The molecule has 1 aliphatic carbocycles. The molecule has 0 aliphatic heterocycles. The van der Waals surface area contributed by atoms with E-state index in [9.17, 15) is 0 Å². The summed E-state index contributed by atoms with van der Waals surface area (Å²) in [4.78, 5) is 4.27. The molecule has 14 heavy (non-hydrogen) atoms. The van der Waals surface area contributed by atoms with E-state index < -0.39 is 0 Å². The first-order valence-electron chi connectivity index (χ1n) is 5.26. The van der Waals surface area contributed by atoms with Crippen LogP contribution in [0.3, 0.4) is 0 Å². The molecule has 0 aromatic carbocycles. The lowest BCUT2D eigenvalue weighted by molar-refractivity contribution is 0.169. The summed E-state index contributed by atoms with van der Waals surface area (Å²) >= 11 is 4.05. The van der Waals surface area contributed by atoms with Gasteiger partial charge in [-0.15, -0.1) is 0 Å². The average Bonchev–Trinajstić information content (AvgIpc) is 2.26. The van der Waals surface area contributed by atoms with Crippen LogP contribution in [0.1, 0.15) is 25.7 Å². The molecule has 0 unspecified atom stereocenters. The SMILES string of the molecule is NC(CS)=NCC1CCC(CO)CC1. The molecule has 0 radical (unpaired) electrons. The Labute approximate surface area is 91.2 Å². The fourth-order valence-electron chi connectivity index (χ4n) is 1.89. The molecule has 0 amide bonds. The molecule has 1 saturated carbocycles. The zero-order chi connectivity index (χ0) is 10.4. The van der Waals surface area contributed by atoms with Crippen LogP contribution in [0.5, 0.6) is 0 Å². The van der Waals surface area contributed by atoms with Crippen LogP contribution in [0.15, 0.2) is 4.99 Å². The summed E-state index contributed by atoms with van der Waals surface area (Å²) in [6.45, 7) is 1.18. The average molecular weight is 216 g/mol. The maximum Gasteiger partial charge on any atom is 0.103 e. The molecule has 0 aromatic heterocycles. The smallest absolute Gasteiger partial charge is 0.103 e. The topological polar surface area (TPSA) is 58.6 Å². The van der Waals surface area contributed by atoms with Crippen molar-refractivity contribution in [1.29, 1.82) is 0 Å². The first-order valence-corrected chi connectivity index (χ1v) is 5.90. The zero-order valence-corrected chi connectivity index (χ0v) is 9.42. The first kappa shape index (κ1) is 11.9. The highest BCUT2D eigenvalue weighted by molar-refractivity contribution is 7.81. The monoisotopic (exact) mass is 216 g/mol. The van der Waals surface area contributed by atoms with Gasteiger partial charge < -0.3 is 10.8 Å². The molecule has 3 N–H and O–H groups in total. The molecule has 3 nitrogen and oxygen atoms in total. The van der Waals surface area contributed by atoms with Crippen molar-refractivity contribution in [3.05, 3.63) is 0 Å². The number of thiol groups is 1. The number of aliphatic hydroxyl groups excluding tert-OH is 1. The molecule has 0 spiro atoms. The van der Waals surface area contributed by atoms with Crippen LogP contribution < -0.4 is 5.73 Å². The highest BCUT2D eigenvalue weighted by atomic mass is 32.1. The summed E-state index contributed by atoms with van der Waals surface area (Å²) in [5, 5.41) is 8.98. The molecule has 1 fully saturated rings. The van der Waals surface area contributed by atoms with E-state index in [2.05, 4.69) is 17.6 Å². The quantitative estimate of drug-likeness (QED) is 0.374. The van der Waals surface area contributed by atoms with Gasteiger partial charge in [0.25, 0.3) is 0 Å². The Kier molecular flexibility index (Phi) is 5.33. The van der Waals surface area contributed by atoms with E-state index in [1.165, 1.54) is 12.8 Å². The van der Waals surface area contributed by atoms with Gasteiger partial charge in [0, 0.05) is 18.9 Å². The maximum atomic E-state index is 8.98. The molecular weight excluding hydrogens is 196 g/mol. The minimum Gasteiger partial charge on any atom is -0.396 e. The van der Waals surface area contributed by atoms with Crippen molar-refractivity contribution in [2.24, 2.45) is 22.6 Å². The number of aliphatic hydroxyl groups is 1. The Morgan fingerprint density at radius 3 is 2.36 bits per heavy atom. The van der Waals surface area contributed by atoms with Gasteiger partial charge in [0.1, 0.15) is 5.84 Å². The summed E-state index contributed by atoms with van der Waals surface area (Å²) in [5.74, 6) is 2.37. The summed E-state index contributed by atoms with van der Waals surface area (Å²) in [5.41, 5.74) is 5.58. The van der Waals surface area contributed by atoms with E-state index in [-0.39, 0.29) is 0 Å². The van der Waals surface area contributed by atoms with Crippen molar-refractivity contribution < 1.29 is 5.11 Å². The van der Waals surface area contributed by atoms with Crippen LogP contribution >= 0.6 is 12.6 Å². The molecule has 0 aromatic rings. The molecule has 82 valence electrons. The van der Waals surface area contributed by atoms with Gasteiger partial charge >= 0.3 is 0 Å². The van der Waals surface area contributed by atoms with Crippen LogP contribution in [0, 0.1) is 11.8 Å². The third-order valence-corrected chi connectivity index (χ3v) is 3.26. The standard InChI is InChI=1S/C10H20N2OS/c11-10(7-14)12-5-8-1-3-9(6-13)4-2-8/h8-9,13-14H,1-7H2,(H2,11,12). The summed E-state index contributed by atoms with van der Waals surface area (Å²) < 4.78 is 0. The van der Waals surface area contributed by atoms with Crippen molar-refractivity contribution in [3.63, 3.8) is 0 Å². The number of amidine groups is 1. The predicted molar refractivity (Wildman–Crippen MR) is 62.9 cm³/mol. The highest BCUT2D eigenvalue weighted by Gasteiger charge is 2.19. The third-order valence-electron chi connectivity index (χ3n) is 2.94. The fourth-order valence-corrected chi connectivity index (χ4v) is 1.99. The second-order valence-electron chi connectivity index (χ2n) is 4.06. The number of nitrogens with zero attached hydrogens (tertiary/aromatic N) is 1. The van der Waals surface area contributed by atoms with Crippen molar-refractivity contribution in [2.75, 3.05) is 18.9 Å². The van der Waals surface area contributed by atoms with Gasteiger partial charge in [-0.2, -0.15) is 12.6 Å². The molecule has 4 heteroatoms. The fraction of sp³-hybridized carbons (Fsp3) is 0.900. The summed E-state index contributed by atoms with van der Waals surface area (Å²) in [6, 6.07) is 0. The van der Waals surface area contributed by atoms with E-state index >= 15 is 0 Å². The van der Waals surface area contributed by atoms with Crippen LogP contribution in [0.2, 0.25) is 0 Å². The van der Waals surface area contributed by atoms with E-state index in [0.717, 1.165) is 19.4 Å². The summed E-state index contributed by atoms with van der Waals surface area (Å²) in [7, 11) is 0. The lowest BCUT2D eigenvalue weighted by Gasteiger charge is -2.26. The molecular formula is C10H20N2OS. The van der Waals surface area contributed by atoms with E-state index in [1.807, 2.05) is 0 Å². The van der Waals surface area contributed by atoms with Crippen molar-refractivity contribution in [2.45, 2.75) is 25.7 Å². The molecule has 0 bridgehead atoms. The Hall–Kier alpha value is -0.220. The van der Waals surface area contributed by atoms with Crippen LogP contribution in [0.25, 0.3) is 0 Å². The van der Waals surface area contributed by atoms with E-state index in [4.69, 9.17) is 10.8 Å². The largest absolute Gasteiger partial charge is 0.396 e. The Morgan fingerprint density at radius 1 is 1.29 bits per heavy atom. The predicted octanol–water partition coefficient (Wildman–Crippen LogP) is 1.07. The van der Waals surface area contributed by atoms with Gasteiger partial charge in [-0.3, -0.25) is 4.99 Å². The molecule has 0 saturated heterocycles. The Bertz CT molecular complexity index is 189. The van der Waals surface area contributed by atoms with Crippen molar-refractivity contribution in [3.8, 4) is 0 Å². The van der Waals surface area contributed by atoms with Crippen LogP contribution in [0.4, 0.5) is 0 Å². The number of nitrogens with two attached hydrogens (primary N) is 1. The first-order chi connectivity index (χ1) is 6.76. The maximum absolute atomic E-state index is 8.98. The highest BCUT2D eigenvalue weighted by Crippen LogP contribution is 2.28.